The molecule has 6 heterocycles. The molecular formula is C103H61N5. The lowest BCUT2D eigenvalue weighted by Crippen LogP contribution is -2.33. The fourth-order valence-electron chi connectivity index (χ4n) is 19.9. The predicted octanol–water partition coefficient (Wildman–Crippen LogP) is 25.4. The van der Waals surface area contributed by atoms with E-state index in [-0.39, 0.29) is 0 Å². The van der Waals surface area contributed by atoms with Crippen molar-refractivity contribution in [3.8, 4) is 112 Å². The van der Waals surface area contributed by atoms with Crippen LogP contribution in [0.2, 0.25) is 0 Å². The van der Waals surface area contributed by atoms with Gasteiger partial charge in [0.25, 0.3) is 0 Å². The number of nitrogens with zero attached hydrogens (tertiary/aromatic N) is 5. The minimum Gasteiger partial charge on any atom is -0.309 e. The van der Waals surface area contributed by atoms with Gasteiger partial charge in [0.15, 0.2) is 5.82 Å². The van der Waals surface area contributed by atoms with Crippen molar-refractivity contribution in [1.29, 1.82) is 0 Å². The largest absolute Gasteiger partial charge is 0.309 e. The molecule has 16 aromatic carbocycles. The number of hydrogen-bond acceptors (Lipinski definition) is 3. The summed E-state index contributed by atoms with van der Waals surface area (Å²) in [4.78, 5) is 16.3. The van der Waals surface area contributed by atoms with Crippen molar-refractivity contribution >= 4 is 65.4 Å². The van der Waals surface area contributed by atoms with E-state index in [4.69, 9.17) is 15.0 Å². The van der Waals surface area contributed by atoms with Gasteiger partial charge in [-0.3, -0.25) is 0 Å². The third-order valence-corrected chi connectivity index (χ3v) is 24.3. The van der Waals surface area contributed by atoms with Gasteiger partial charge in [0.05, 0.1) is 66.7 Å². The molecule has 4 aromatic heterocycles. The Balaban J connectivity index is 0.729. The molecule has 498 valence electrons. The lowest BCUT2D eigenvalue weighted by molar-refractivity contribution is 0.748. The fraction of sp³-hybridized carbons (Fsp3) is 0.0194. The average Bonchev–Trinajstić information content (AvgIpc) is 1.49. The molecule has 5 nitrogen and oxygen atoms in total. The minimum atomic E-state index is -0.758. The zero-order chi connectivity index (χ0) is 70.5. The zero-order valence-electron chi connectivity index (χ0n) is 58.5. The Morgan fingerprint density at radius 3 is 1.30 bits per heavy atom. The van der Waals surface area contributed by atoms with Gasteiger partial charge in [-0.15, -0.1) is 0 Å². The standard InChI is InChI=1S/C103H61N5/c1-3-24-62(25-4-1)81-61-93(104-91-42-15-8-31-73(81)91)74-54-50-65(57-80(74)68-51-55-84-82(58-68)70-30-7-12-37-83(70)102(84)85-38-13-19-46-96(85)107-94-44-17-10-32-75(94)77-35-22-40-87(102)99(77)107)67-49-53-72-71-52-48-66(64-28-21-29-69(56-64)101-105-92-43-16-9-34-79(92)98(106-101)63-26-5-2-6-27-63)59-89(71)103(90(72)60-67)86-39-14-20-47-97(86)108-95-45-18-11-33-76(95)78-36-23-41-88(103)100(78)108/h1-61H. The molecule has 20 aromatic rings. The molecule has 0 radical (unpaired) electrons. The van der Waals surface area contributed by atoms with Crippen molar-refractivity contribution in [1.82, 2.24) is 24.1 Å². The second kappa shape index (κ2) is 22.2. The SMILES string of the molecule is c1ccc(-c2cc(-c3ccc(-c4ccc5c(c4)C4(c6cc(-c7cccc(-c8nc(-c9ccccc9)c9ccccc9n8)c7)ccc6-5)c5ccccc5-n5c6ccccc6c6cccc4c65)cc3-c3ccc4c(c3)-c3ccccc3C43c4ccccc4-n4c5ccccc5c5cccc3c54)nc3ccccc23)cc1. The first-order chi connectivity index (χ1) is 53.6. The van der Waals surface area contributed by atoms with E-state index >= 15 is 0 Å². The van der Waals surface area contributed by atoms with Gasteiger partial charge in [-0.25, -0.2) is 15.0 Å². The molecule has 0 N–H and O–H groups in total. The van der Waals surface area contributed by atoms with Crippen LogP contribution in [-0.2, 0) is 10.8 Å². The van der Waals surface area contributed by atoms with E-state index in [1.54, 1.807) is 0 Å². The molecule has 2 unspecified atom stereocenters. The Morgan fingerprint density at radius 2 is 0.639 bits per heavy atom. The van der Waals surface area contributed by atoms with Crippen LogP contribution in [0.1, 0.15) is 44.5 Å². The highest BCUT2D eigenvalue weighted by Gasteiger charge is 2.53. The fourth-order valence-corrected chi connectivity index (χ4v) is 19.9. The van der Waals surface area contributed by atoms with E-state index in [1.807, 2.05) is 0 Å². The molecule has 24 rings (SSSR count). The van der Waals surface area contributed by atoms with Crippen LogP contribution in [0.4, 0.5) is 0 Å². The van der Waals surface area contributed by atoms with Gasteiger partial charge in [-0.2, -0.15) is 0 Å². The monoisotopic (exact) mass is 1370 g/mol. The Bertz CT molecular complexity index is 7320. The van der Waals surface area contributed by atoms with Gasteiger partial charge in [0.1, 0.15) is 0 Å². The lowest BCUT2D eigenvalue weighted by atomic mass is 9.65. The molecule has 2 aliphatic carbocycles. The van der Waals surface area contributed by atoms with Crippen molar-refractivity contribution < 1.29 is 0 Å². The highest BCUT2D eigenvalue weighted by atomic mass is 15.0. The summed E-state index contributed by atoms with van der Waals surface area (Å²) in [6.07, 6.45) is 0. The van der Waals surface area contributed by atoms with Crippen LogP contribution in [0, 0.1) is 0 Å². The number of para-hydroxylation sites is 8. The van der Waals surface area contributed by atoms with Crippen molar-refractivity contribution in [2.75, 3.05) is 0 Å². The maximum absolute atomic E-state index is 5.65. The van der Waals surface area contributed by atoms with E-state index in [0.29, 0.717) is 5.82 Å². The number of hydrogen-bond donors (Lipinski definition) is 0. The Hall–Kier alpha value is -14.1. The maximum atomic E-state index is 5.65. The topological polar surface area (TPSA) is 48.5 Å². The number of aromatic nitrogens is 5. The molecule has 5 heteroatoms. The maximum Gasteiger partial charge on any atom is 0.160 e. The predicted molar refractivity (Wildman–Crippen MR) is 443 cm³/mol. The Morgan fingerprint density at radius 1 is 0.204 bits per heavy atom. The Labute approximate surface area is 622 Å². The van der Waals surface area contributed by atoms with Gasteiger partial charge in [0.2, 0.25) is 0 Å². The summed E-state index contributed by atoms with van der Waals surface area (Å²) in [7, 11) is 0. The van der Waals surface area contributed by atoms with E-state index in [1.165, 1.54) is 122 Å². The van der Waals surface area contributed by atoms with Crippen LogP contribution in [0.15, 0.2) is 370 Å². The van der Waals surface area contributed by atoms with Gasteiger partial charge in [0, 0.05) is 49.0 Å². The quantitative estimate of drug-likeness (QED) is 0.160. The smallest absolute Gasteiger partial charge is 0.160 e. The van der Waals surface area contributed by atoms with Crippen molar-refractivity contribution in [3.63, 3.8) is 0 Å². The molecule has 0 amide bonds. The molecule has 2 atom stereocenters. The first kappa shape index (κ1) is 59.3. The molecular weight excluding hydrogens is 1310 g/mol. The van der Waals surface area contributed by atoms with Crippen LogP contribution in [0.5, 0.6) is 0 Å². The molecule has 4 aliphatic rings. The van der Waals surface area contributed by atoms with Gasteiger partial charge in [-0.1, -0.05) is 297 Å². The van der Waals surface area contributed by atoms with E-state index in [2.05, 4.69) is 379 Å². The number of rotatable bonds is 7. The molecule has 108 heavy (non-hydrogen) atoms. The summed E-state index contributed by atoms with van der Waals surface area (Å²) < 4.78 is 5.07. The normalized spacial score (nSPS) is 15.3. The van der Waals surface area contributed by atoms with Gasteiger partial charge >= 0.3 is 0 Å². The first-order valence-corrected chi connectivity index (χ1v) is 37.4. The molecule has 0 saturated carbocycles. The summed E-state index contributed by atoms with van der Waals surface area (Å²) in [6.45, 7) is 0. The average molecular weight is 1370 g/mol. The summed E-state index contributed by atoms with van der Waals surface area (Å²) in [5.74, 6) is 0.693. The van der Waals surface area contributed by atoms with Gasteiger partial charge in [-0.05, 0) is 184 Å². The third kappa shape index (κ3) is 7.95. The number of pyridine rings is 1. The van der Waals surface area contributed by atoms with Crippen LogP contribution in [0.25, 0.3) is 177 Å². The molecule has 0 bridgehead atoms. The first-order valence-electron chi connectivity index (χ1n) is 37.4. The Kier molecular flexibility index (Phi) is 12.2. The summed E-state index contributed by atoms with van der Waals surface area (Å²) in [5.41, 5.74) is 36.9. The number of fused-ring (bicyclic) bond motifs is 26. The molecule has 0 fully saturated rings. The number of benzene rings is 16. The van der Waals surface area contributed by atoms with Crippen molar-refractivity contribution in [3.05, 3.63) is 415 Å². The van der Waals surface area contributed by atoms with Crippen LogP contribution in [0.3, 0.4) is 0 Å². The van der Waals surface area contributed by atoms with Crippen molar-refractivity contribution in [2.24, 2.45) is 0 Å². The van der Waals surface area contributed by atoms with Crippen molar-refractivity contribution in [2.45, 2.75) is 10.8 Å². The lowest BCUT2D eigenvalue weighted by Gasteiger charge is -2.40. The minimum absolute atomic E-state index is 0.598. The van der Waals surface area contributed by atoms with E-state index in [0.717, 1.165) is 94.4 Å². The molecule has 0 saturated heterocycles. The molecule has 2 spiro atoms. The van der Waals surface area contributed by atoms with Crippen LogP contribution < -0.4 is 0 Å². The van der Waals surface area contributed by atoms with E-state index in [9.17, 15) is 0 Å². The van der Waals surface area contributed by atoms with E-state index < -0.39 is 10.8 Å². The second-order valence-electron chi connectivity index (χ2n) is 29.5. The van der Waals surface area contributed by atoms with Gasteiger partial charge < -0.3 is 9.13 Å². The summed E-state index contributed by atoms with van der Waals surface area (Å²) in [5, 5.41) is 7.16. The van der Waals surface area contributed by atoms with Crippen LogP contribution >= 0.6 is 0 Å². The third-order valence-electron chi connectivity index (χ3n) is 24.3. The van der Waals surface area contributed by atoms with Crippen LogP contribution in [-0.4, -0.2) is 24.1 Å². The highest BCUT2D eigenvalue weighted by molar-refractivity contribution is 6.15. The summed E-state index contributed by atoms with van der Waals surface area (Å²) in [6, 6.07) is 138. The zero-order valence-corrected chi connectivity index (χ0v) is 58.5. The second-order valence-corrected chi connectivity index (χ2v) is 29.5. The highest BCUT2D eigenvalue weighted by Crippen LogP contribution is 2.64. The molecule has 2 aliphatic heterocycles. The summed E-state index contributed by atoms with van der Waals surface area (Å²) >= 11 is 0.